The molecule has 0 aromatic heterocycles. The summed E-state index contributed by atoms with van der Waals surface area (Å²) >= 11 is 0. The number of allylic oxidation sites excluding steroid dienone is 4. The smallest absolute Gasteiger partial charge is 0.328 e. The van der Waals surface area contributed by atoms with Gasteiger partial charge in [-0.15, -0.1) is 0 Å². The summed E-state index contributed by atoms with van der Waals surface area (Å²) in [4.78, 5) is 30.2. The van der Waals surface area contributed by atoms with Crippen LogP contribution in [0.5, 0.6) is 0 Å². The average Bonchev–Trinajstić information content (AvgIpc) is 3.17. The molecule has 2 N–H and O–H groups in total. The van der Waals surface area contributed by atoms with Gasteiger partial charge >= 0.3 is 5.97 Å². The normalized spacial score (nSPS) is 36.7. The van der Waals surface area contributed by atoms with E-state index in [4.69, 9.17) is 9.57 Å². The van der Waals surface area contributed by atoms with E-state index in [0.29, 0.717) is 29.9 Å². The van der Waals surface area contributed by atoms with E-state index in [9.17, 15) is 14.7 Å². The number of hydrogen-bond acceptors (Lipinski definition) is 6. The van der Waals surface area contributed by atoms with Crippen molar-refractivity contribution in [2.24, 2.45) is 33.7 Å². The number of rotatable bonds is 7. The van der Waals surface area contributed by atoms with E-state index >= 15 is 0 Å². The number of methoxy groups -OCH3 is 1. The summed E-state index contributed by atoms with van der Waals surface area (Å²) in [5, 5.41) is 18.1. The number of oxime groups is 1. The first-order valence-electron chi connectivity index (χ1n) is 14.3. The molecule has 4 aliphatic rings. The van der Waals surface area contributed by atoms with E-state index in [2.05, 4.69) is 36.5 Å². The molecule has 5 rings (SSSR count). The maximum atomic E-state index is 12.5. The van der Waals surface area contributed by atoms with Crippen LogP contribution in [0.25, 0.3) is 0 Å². The van der Waals surface area contributed by atoms with Crippen LogP contribution < -0.4 is 5.32 Å². The fourth-order valence-electron chi connectivity index (χ4n) is 8.09. The maximum Gasteiger partial charge on any atom is 0.328 e. The van der Waals surface area contributed by atoms with Crippen molar-refractivity contribution in [1.82, 2.24) is 5.32 Å². The van der Waals surface area contributed by atoms with Crippen LogP contribution in [-0.4, -0.2) is 48.1 Å². The van der Waals surface area contributed by atoms with Crippen molar-refractivity contribution < 1.29 is 24.3 Å². The molecule has 1 aromatic carbocycles. The van der Waals surface area contributed by atoms with E-state index in [0.717, 1.165) is 44.1 Å². The Morgan fingerprint density at radius 1 is 1.10 bits per heavy atom. The number of amides is 1. The minimum absolute atomic E-state index is 0.0130. The Labute approximate surface area is 231 Å². The third kappa shape index (κ3) is 5.06. The van der Waals surface area contributed by atoms with Gasteiger partial charge in [0.1, 0.15) is 11.8 Å². The van der Waals surface area contributed by atoms with Gasteiger partial charge in [0.15, 0.2) is 6.61 Å². The van der Waals surface area contributed by atoms with Gasteiger partial charge in [-0.05, 0) is 86.3 Å². The first-order chi connectivity index (χ1) is 18.6. The molecular weight excluding hydrogens is 492 g/mol. The second-order valence-electron chi connectivity index (χ2n) is 12.6. The van der Waals surface area contributed by atoms with Crippen molar-refractivity contribution in [3.05, 3.63) is 59.7 Å². The van der Waals surface area contributed by atoms with E-state index in [1.54, 1.807) is 0 Å². The fourth-order valence-corrected chi connectivity index (χ4v) is 8.09. The highest BCUT2D eigenvalue weighted by molar-refractivity contribution is 6.05. The number of carbonyl (C=O) groups excluding carboxylic acids is 2. The van der Waals surface area contributed by atoms with E-state index < -0.39 is 23.5 Å². The summed E-state index contributed by atoms with van der Waals surface area (Å²) in [6.07, 6.45) is 13.1. The molecule has 0 aliphatic heterocycles. The average molecular weight is 535 g/mol. The van der Waals surface area contributed by atoms with Gasteiger partial charge in [-0.2, -0.15) is 0 Å². The molecule has 210 valence electrons. The third-order valence-electron chi connectivity index (χ3n) is 10.6. The molecule has 1 aromatic rings. The molecule has 3 saturated carbocycles. The van der Waals surface area contributed by atoms with Gasteiger partial charge in [-0.3, -0.25) is 4.79 Å². The van der Waals surface area contributed by atoms with Crippen LogP contribution in [0.4, 0.5) is 0 Å². The third-order valence-corrected chi connectivity index (χ3v) is 10.6. The molecule has 7 atom stereocenters. The summed E-state index contributed by atoms with van der Waals surface area (Å²) in [5.74, 6) is 0.833. The van der Waals surface area contributed by atoms with Crippen LogP contribution in [0, 0.1) is 28.6 Å². The molecule has 4 aliphatic carbocycles. The fraction of sp³-hybridized carbons (Fsp3) is 0.594. The molecule has 0 radical (unpaired) electrons. The molecule has 0 bridgehead atoms. The number of fused-ring (bicyclic) bond motifs is 5. The number of hydrogen-bond donors (Lipinski definition) is 2. The van der Waals surface area contributed by atoms with Gasteiger partial charge in [0.05, 0.1) is 12.7 Å². The van der Waals surface area contributed by atoms with E-state index in [1.807, 2.05) is 43.3 Å². The van der Waals surface area contributed by atoms with Crippen LogP contribution in [0.2, 0.25) is 0 Å². The Morgan fingerprint density at radius 2 is 1.85 bits per heavy atom. The topological polar surface area (TPSA) is 97.2 Å². The van der Waals surface area contributed by atoms with Gasteiger partial charge in [0.2, 0.25) is 0 Å². The number of nitrogens with one attached hydrogen (secondary N) is 1. The van der Waals surface area contributed by atoms with Crippen LogP contribution in [-0.2, 0) is 25.6 Å². The van der Waals surface area contributed by atoms with E-state index in [1.165, 1.54) is 12.7 Å². The number of carbonyl (C=O) groups is 2. The van der Waals surface area contributed by atoms with Gasteiger partial charge in [0.25, 0.3) is 5.91 Å². The standard InChI is InChI=1S/C32H42N2O5/c1-30-15-12-23(34-39-20-28(35)33-27(29(36)38-4)18-21-8-6-5-7-9-21)19-22(30)10-11-24-25(30)13-16-31(2)26(24)14-17-32(31,3)37/h5-9,12,15,19,24-27,37H,10-11,13-14,16-18,20H2,1-4H3,(H,33,35)/b34-23-/t24-,25+,26+,27-,30+,31+,32+/m1/s1. The molecule has 3 fully saturated rings. The zero-order valence-corrected chi connectivity index (χ0v) is 23.6. The largest absolute Gasteiger partial charge is 0.467 e. The Morgan fingerprint density at radius 3 is 2.59 bits per heavy atom. The Kier molecular flexibility index (Phi) is 7.49. The number of esters is 1. The summed E-state index contributed by atoms with van der Waals surface area (Å²) in [5.41, 5.74) is 2.43. The van der Waals surface area contributed by atoms with Gasteiger partial charge in [-0.25, -0.2) is 4.79 Å². The van der Waals surface area contributed by atoms with Crippen molar-refractivity contribution in [3.63, 3.8) is 0 Å². The van der Waals surface area contributed by atoms with Crippen LogP contribution >= 0.6 is 0 Å². The van der Waals surface area contributed by atoms with E-state index in [-0.39, 0.29) is 17.4 Å². The van der Waals surface area contributed by atoms with Crippen LogP contribution in [0.15, 0.2) is 59.3 Å². The summed E-state index contributed by atoms with van der Waals surface area (Å²) in [6, 6.07) is 8.68. The van der Waals surface area contributed by atoms with Crippen molar-refractivity contribution >= 4 is 17.6 Å². The first kappa shape index (κ1) is 27.6. The van der Waals surface area contributed by atoms with Crippen LogP contribution in [0.1, 0.15) is 64.9 Å². The number of ether oxygens (including phenoxy) is 1. The van der Waals surface area contributed by atoms with Crippen molar-refractivity contribution in [2.75, 3.05) is 13.7 Å². The zero-order chi connectivity index (χ0) is 27.8. The predicted octanol–water partition coefficient (Wildman–Crippen LogP) is 4.75. The highest BCUT2D eigenvalue weighted by Crippen LogP contribution is 2.66. The van der Waals surface area contributed by atoms with Crippen molar-refractivity contribution in [2.45, 2.75) is 77.4 Å². The first-order valence-corrected chi connectivity index (χ1v) is 14.3. The molecule has 39 heavy (non-hydrogen) atoms. The van der Waals surface area contributed by atoms with Gasteiger partial charge in [0, 0.05) is 11.8 Å². The molecule has 7 nitrogen and oxygen atoms in total. The maximum absolute atomic E-state index is 12.5. The summed E-state index contributed by atoms with van der Waals surface area (Å²) in [6.45, 7) is 6.43. The molecular formula is C32H42N2O5. The SMILES string of the molecule is COC(=O)[C@@H](Cc1ccccc1)NC(=O)CO/N=C1/C=C[C@@]2(C)C(=C1)CC[C@@H]1[C@@H]2CC[C@@]2(C)[C@H]1CC[C@]2(C)O. The lowest BCUT2D eigenvalue weighted by atomic mass is 9.47. The van der Waals surface area contributed by atoms with Crippen LogP contribution in [0.3, 0.4) is 0 Å². The number of benzene rings is 1. The lowest BCUT2D eigenvalue weighted by molar-refractivity contribution is -0.145. The lowest BCUT2D eigenvalue weighted by Crippen LogP contribution is -2.53. The highest BCUT2D eigenvalue weighted by atomic mass is 16.6. The van der Waals surface area contributed by atoms with Crippen molar-refractivity contribution in [1.29, 1.82) is 0 Å². The second kappa shape index (κ2) is 10.6. The zero-order valence-electron chi connectivity index (χ0n) is 23.6. The molecule has 7 heteroatoms. The quantitative estimate of drug-likeness (QED) is 0.389. The Balaban J connectivity index is 1.20. The highest BCUT2D eigenvalue weighted by Gasteiger charge is 2.61. The van der Waals surface area contributed by atoms with Gasteiger partial charge < -0.3 is 20.0 Å². The number of nitrogens with zero attached hydrogens (tertiary/aromatic N) is 1. The predicted molar refractivity (Wildman–Crippen MR) is 150 cm³/mol. The lowest BCUT2D eigenvalue weighted by Gasteiger charge is -2.58. The van der Waals surface area contributed by atoms with Crippen molar-refractivity contribution in [3.8, 4) is 0 Å². The second-order valence-corrected chi connectivity index (χ2v) is 12.6. The Hall–Kier alpha value is -2.93. The minimum Gasteiger partial charge on any atom is -0.467 e. The molecule has 0 heterocycles. The Bertz CT molecular complexity index is 1190. The monoisotopic (exact) mass is 534 g/mol. The minimum atomic E-state index is -0.797. The van der Waals surface area contributed by atoms with Gasteiger partial charge in [-0.1, -0.05) is 61.0 Å². The molecule has 0 unspecified atom stereocenters. The number of aliphatic hydroxyl groups is 1. The summed E-state index contributed by atoms with van der Waals surface area (Å²) in [7, 11) is 1.31. The molecule has 0 spiro atoms. The molecule has 0 saturated heterocycles. The summed E-state index contributed by atoms with van der Waals surface area (Å²) < 4.78 is 4.87. The molecule has 1 amide bonds.